The third kappa shape index (κ3) is 5.48. The number of rotatable bonds is 6. The Morgan fingerprint density at radius 3 is 2.53 bits per heavy atom. The smallest absolute Gasteiger partial charge is 0.236 e. The molecule has 1 atom stereocenters. The van der Waals surface area contributed by atoms with Crippen LogP contribution in [0, 0.1) is 0 Å². The molecule has 5 nitrogen and oxygen atoms in total. The van der Waals surface area contributed by atoms with E-state index in [2.05, 4.69) is 5.32 Å². The zero-order chi connectivity index (χ0) is 12.5. The first kappa shape index (κ1) is 14.4. The average molecular weight is 244 g/mol. The number of ether oxygens (including phenoxy) is 1. The van der Waals surface area contributed by atoms with Gasteiger partial charge in [-0.25, -0.2) is 0 Å². The van der Waals surface area contributed by atoms with Crippen LogP contribution in [0.4, 0.5) is 0 Å². The Balaban J connectivity index is 2.26. The Labute approximate surface area is 103 Å². The quantitative estimate of drug-likeness (QED) is 0.689. The number of methoxy groups -OCH3 is 1. The van der Waals surface area contributed by atoms with Crippen LogP contribution >= 0.6 is 0 Å². The van der Waals surface area contributed by atoms with Gasteiger partial charge in [-0.3, -0.25) is 4.79 Å². The molecule has 5 heteroatoms. The summed E-state index contributed by atoms with van der Waals surface area (Å²) in [5.74, 6) is 0.126. The second-order valence-corrected chi connectivity index (χ2v) is 4.51. The minimum absolute atomic E-state index is 0.0128. The van der Waals surface area contributed by atoms with Crippen molar-refractivity contribution >= 4 is 5.91 Å². The second-order valence-electron chi connectivity index (χ2n) is 4.51. The maximum Gasteiger partial charge on any atom is 0.236 e. The van der Waals surface area contributed by atoms with E-state index in [4.69, 9.17) is 9.84 Å². The Kier molecular flexibility index (Phi) is 7.16. The van der Waals surface area contributed by atoms with Crippen molar-refractivity contribution in [2.45, 2.75) is 31.7 Å². The SMILES string of the molecule is COCC(CO)NCC(=O)N1CCCCCC1. The van der Waals surface area contributed by atoms with E-state index in [0.29, 0.717) is 6.61 Å². The third-order valence-electron chi connectivity index (χ3n) is 3.09. The molecule has 1 aliphatic rings. The molecular weight excluding hydrogens is 220 g/mol. The lowest BCUT2D eigenvalue weighted by atomic mass is 10.2. The van der Waals surface area contributed by atoms with Crippen LogP contribution in [-0.2, 0) is 9.53 Å². The van der Waals surface area contributed by atoms with Gasteiger partial charge >= 0.3 is 0 Å². The summed E-state index contributed by atoms with van der Waals surface area (Å²) in [5, 5.41) is 12.1. The summed E-state index contributed by atoms with van der Waals surface area (Å²) >= 11 is 0. The van der Waals surface area contributed by atoms with Gasteiger partial charge < -0.3 is 20.1 Å². The molecule has 100 valence electrons. The van der Waals surface area contributed by atoms with Crippen molar-refractivity contribution in [3.63, 3.8) is 0 Å². The predicted molar refractivity (Wildman–Crippen MR) is 65.8 cm³/mol. The molecule has 0 spiro atoms. The lowest BCUT2D eigenvalue weighted by Crippen LogP contribution is -2.44. The fourth-order valence-corrected chi connectivity index (χ4v) is 2.04. The van der Waals surface area contributed by atoms with Gasteiger partial charge in [0.2, 0.25) is 5.91 Å². The van der Waals surface area contributed by atoms with E-state index in [1.165, 1.54) is 12.8 Å². The molecule has 17 heavy (non-hydrogen) atoms. The third-order valence-corrected chi connectivity index (χ3v) is 3.09. The second kappa shape index (κ2) is 8.44. The lowest BCUT2D eigenvalue weighted by molar-refractivity contribution is -0.130. The molecule has 1 amide bonds. The molecule has 1 heterocycles. The fourth-order valence-electron chi connectivity index (χ4n) is 2.04. The maximum atomic E-state index is 11.9. The average Bonchev–Trinajstić information content (AvgIpc) is 2.62. The van der Waals surface area contributed by atoms with Crippen molar-refractivity contribution in [2.24, 2.45) is 0 Å². The summed E-state index contributed by atoms with van der Waals surface area (Å²) in [6.07, 6.45) is 4.65. The molecular formula is C12H24N2O3. The number of likely N-dealkylation sites (tertiary alicyclic amines) is 1. The predicted octanol–water partition coefficient (Wildman–Crippen LogP) is -0.0141. The largest absolute Gasteiger partial charge is 0.395 e. The topological polar surface area (TPSA) is 61.8 Å². The Morgan fingerprint density at radius 2 is 2.00 bits per heavy atom. The minimum atomic E-state index is -0.157. The summed E-state index contributed by atoms with van der Waals surface area (Å²) in [5.41, 5.74) is 0. The van der Waals surface area contributed by atoms with Gasteiger partial charge in [-0.05, 0) is 12.8 Å². The molecule has 2 N–H and O–H groups in total. The minimum Gasteiger partial charge on any atom is -0.395 e. The normalized spacial score (nSPS) is 18.8. The van der Waals surface area contributed by atoms with Crippen LogP contribution in [0.5, 0.6) is 0 Å². The number of amides is 1. The first-order chi connectivity index (χ1) is 8.27. The first-order valence-electron chi connectivity index (χ1n) is 6.39. The van der Waals surface area contributed by atoms with E-state index in [1.54, 1.807) is 7.11 Å². The number of aliphatic hydroxyl groups is 1. The van der Waals surface area contributed by atoms with Crippen molar-refractivity contribution < 1.29 is 14.6 Å². The van der Waals surface area contributed by atoms with Crippen LogP contribution in [0.1, 0.15) is 25.7 Å². The van der Waals surface area contributed by atoms with Crippen molar-refractivity contribution in [3.05, 3.63) is 0 Å². The molecule has 0 aromatic carbocycles. The molecule has 0 aliphatic carbocycles. The van der Waals surface area contributed by atoms with Gasteiger partial charge in [-0.2, -0.15) is 0 Å². The van der Waals surface area contributed by atoms with Crippen LogP contribution < -0.4 is 5.32 Å². The summed E-state index contributed by atoms with van der Waals surface area (Å²) < 4.78 is 4.95. The van der Waals surface area contributed by atoms with E-state index < -0.39 is 0 Å². The van der Waals surface area contributed by atoms with Crippen LogP contribution in [-0.4, -0.2) is 61.9 Å². The monoisotopic (exact) mass is 244 g/mol. The standard InChI is InChI=1S/C12H24N2O3/c1-17-10-11(9-15)13-8-12(16)14-6-4-2-3-5-7-14/h11,13,15H,2-10H2,1H3. The number of nitrogens with one attached hydrogen (secondary N) is 1. The number of carbonyl (C=O) groups is 1. The molecule has 1 aliphatic heterocycles. The first-order valence-corrected chi connectivity index (χ1v) is 6.39. The lowest BCUT2D eigenvalue weighted by Gasteiger charge is -2.22. The van der Waals surface area contributed by atoms with Gasteiger partial charge in [0, 0.05) is 20.2 Å². The van der Waals surface area contributed by atoms with Crippen LogP contribution in [0.2, 0.25) is 0 Å². The number of hydrogen-bond donors (Lipinski definition) is 2. The summed E-state index contributed by atoms with van der Waals surface area (Å²) in [7, 11) is 1.58. The van der Waals surface area contributed by atoms with Gasteiger partial charge in [-0.15, -0.1) is 0 Å². The number of nitrogens with zero attached hydrogens (tertiary/aromatic N) is 1. The highest BCUT2D eigenvalue weighted by Gasteiger charge is 2.16. The molecule has 0 saturated carbocycles. The molecule has 1 fully saturated rings. The fraction of sp³-hybridized carbons (Fsp3) is 0.917. The molecule has 1 saturated heterocycles. The molecule has 1 unspecified atom stereocenters. The van der Waals surface area contributed by atoms with Crippen LogP contribution in [0.15, 0.2) is 0 Å². The van der Waals surface area contributed by atoms with E-state index >= 15 is 0 Å². The van der Waals surface area contributed by atoms with Gasteiger partial charge in [0.05, 0.1) is 25.8 Å². The van der Waals surface area contributed by atoms with Crippen LogP contribution in [0.25, 0.3) is 0 Å². The van der Waals surface area contributed by atoms with E-state index in [1.807, 2.05) is 4.90 Å². The highest BCUT2D eigenvalue weighted by atomic mass is 16.5. The van der Waals surface area contributed by atoms with Crippen molar-refractivity contribution in [3.8, 4) is 0 Å². The Hall–Kier alpha value is -0.650. The molecule has 0 aromatic heterocycles. The zero-order valence-electron chi connectivity index (χ0n) is 10.7. The van der Waals surface area contributed by atoms with E-state index in [9.17, 15) is 4.79 Å². The highest BCUT2D eigenvalue weighted by molar-refractivity contribution is 5.78. The van der Waals surface area contributed by atoms with Crippen molar-refractivity contribution in [2.75, 3.05) is 40.0 Å². The molecule has 1 rings (SSSR count). The summed E-state index contributed by atoms with van der Waals surface area (Å²) in [4.78, 5) is 13.8. The van der Waals surface area contributed by atoms with Gasteiger partial charge in [0.1, 0.15) is 0 Å². The zero-order valence-corrected chi connectivity index (χ0v) is 10.7. The van der Waals surface area contributed by atoms with Gasteiger partial charge in [-0.1, -0.05) is 12.8 Å². The summed E-state index contributed by atoms with van der Waals surface area (Å²) in [6, 6.07) is -0.157. The Bertz CT molecular complexity index is 216. The highest BCUT2D eigenvalue weighted by Crippen LogP contribution is 2.09. The molecule has 0 bridgehead atoms. The van der Waals surface area contributed by atoms with Crippen LogP contribution in [0.3, 0.4) is 0 Å². The molecule has 0 aromatic rings. The van der Waals surface area contributed by atoms with Crippen molar-refractivity contribution in [1.29, 1.82) is 0 Å². The van der Waals surface area contributed by atoms with Gasteiger partial charge in [0.15, 0.2) is 0 Å². The van der Waals surface area contributed by atoms with Gasteiger partial charge in [0.25, 0.3) is 0 Å². The Morgan fingerprint density at radius 1 is 1.35 bits per heavy atom. The number of carbonyl (C=O) groups excluding carboxylic acids is 1. The molecule has 0 radical (unpaired) electrons. The number of hydrogen-bond acceptors (Lipinski definition) is 4. The van der Waals surface area contributed by atoms with E-state index in [0.717, 1.165) is 25.9 Å². The van der Waals surface area contributed by atoms with Crippen molar-refractivity contribution in [1.82, 2.24) is 10.2 Å². The summed E-state index contributed by atoms with van der Waals surface area (Å²) in [6.45, 7) is 2.43. The van der Waals surface area contributed by atoms with E-state index in [-0.39, 0.29) is 25.1 Å². The maximum absolute atomic E-state index is 11.9. The number of aliphatic hydroxyl groups excluding tert-OH is 1.